The van der Waals surface area contributed by atoms with Crippen LogP contribution in [0.4, 0.5) is 5.82 Å². The molecule has 0 aliphatic heterocycles. The van der Waals surface area contributed by atoms with Crippen molar-refractivity contribution in [2.45, 2.75) is 79.5 Å². The third-order valence-electron chi connectivity index (χ3n) is 4.66. The van der Waals surface area contributed by atoms with Gasteiger partial charge in [-0.3, -0.25) is 0 Å². The topological polar surface area (TPSA) is 72.3 Å². The van der Waals surface area contributed by atoms with Crippen molar-refractivity contribution in [3.05, 3.63) is 11.9 Å². The number of hydrogen-bond acceptors (Lipinski definition) is 5. The van der Waals surface area contributed by atoms with Crippen molar-refractivity contribution >= 4 is 38.4 Å². The van der Waals surface area contributed by atoms with Crippen LogP contribution in [0, 0.1) is 6.92 Å². The summed E-state index contributed by atoms with van der Waals surface area (Å²) >= 11 is -2.67. The predicted octanol–water partition coefficient (Wildman–Crippen LogP) is 4.54. The van der Waals surface area contributed by atoms with Gasteiger partial charge in [0, 0.05) is 0 Å². The van der Waals surface area contributed by atoms with Crippen molar-refractivity contribution in [3.8, 4) is 0 Å². The number of aromatic nitrogens is 2. The first kappa shape index (κ1) is 21.5. The second-order valence-corrected chi connectivity index (χ2v) is 20.2. The number of aryl methyl sites for hydroxylation is 1. The zero-order valence-corrected chi connectivity index (χ0v) is 19.2. The van der Waals surface area contributed by atoms with Gasteiger partial charge in [-0.25, -0.2) is 0 Å². The zero-order valence-electron chi connectivity index (χ0n) is 15.5. The first-order valence-electron chi connectivity index (χ1n) is 9.14. The van der Waals surface area contributed by atoms with Crippen molar-refractivity contribution in [2.75, 3.05) is 0 Å². The summed E-state index contributed by atoms with van der Waals surface area (Å²) < 4.78 is 30.6. The van der Waals surface area contributed by atoms with Crippen LogP contribution in [0.5, 0.6) is 0 Å². The average Bonchev–Trinajstić information content (AvgIpc) is 2.56. The maximum atomic E-state index is 11.0. The van der Waals surface area contributed by atoms with Crippen molar-refractivity contribution in [1.82, 2.24) is 9.97 Å². The van der Waals surface area contributed by atoms with Crippen molar-refractivity contribution in [1.29, 1.82) is 0 Å². The molecule has 7 heteroatoms. The number of hydrogen-bond donors (Lipinski definition) is 0. The number of rotatable bonds is 11. The summed E-state index contributed by atoms with van der Waals surface area (Å²) in [6.07, 6.45) is 9.21. The normalized spacial score (nSPS) is 11.5. The van der Waals surface area contributed by atoms with Gasteiger partial charge in [-0.2, -0.15) is 0 Å². The Hall–Kier alpha value is -0.501. The molecule has 0 radical (unpaired) electrons. The molecule has 0 aliphatic carbocycles. The van der Waals surface area contributed by atoms with Crippen LogP contribution in [-0.2, 0) is 10.5 Å². The van der Waals surface area contributed by atoms with Crippen LogP contribution >= 0.6 is 0 Å². The van der Waals surface area contributed by atoms with E-state index in [1.807, 2.05) is 6.20 Å². The van der Waals surface area contributed by atoms with Gasteiger partial charge in [0.15, 0.2) is 0 Å². The van der Waals surface area contributed by atoms with Crippen molar-refractivity contribution in [3.63, 3.8) is 0 Å². The van der Waals surface area contributed by atoms with Gasteiger partial charge in [-0.1, -0.05) is 0 Å². The van der Waals surface area contributed by atoms with Crippen LogP contribution in [-0.4, -0.2) is 36.8 Å². The molecule has 0 saturated heterocycles. The molecule has 0 spiro atoms. The van der Waals surface area contributed by atoms with Gasteiger partial charge in [0.1, 0.15) is 0 Å². The fraction of sp³-hybridized carbons (Fsp3) is 0.765. The summed E-state index contributed by atoms with van der Waals surface area (Å²) in [5.41, 5.74) is 0.588. The van der Waals surface area contributed by atoms with Crippen LogP contribution in [0.3, 0.4) is 0 Å². The molecule has 0 bridgehead atoms. The van der Waals surface area contributed by atoms with Gasteiger partial charge < -0.3 is 0 Å². The monoisotopic (exact) mass is 461 g/mol. The quantitative estimate of drug-likeness (QED) is 0.455. The molecule has 136 valence electrons. The molecular formula is C17H31N3O2SSn. The Kier molecular flexibility index (Phi) is 10.0. The Morgan fingerprint density at radius 3 is 1.92 bits per heavy atom. The van der Waals surface area contributed by atoms with E-state index in [0.717, 1.165) is 3.71 Å². The summed E-state index contributed by atoms with van der Waals surface area (Å²) in [5.74, 6) is 0.284. The standard InChI is InChI=1S/C5H4N3O2S.3C4H9.Sn/c1-4-5(8-11(9)10)7-3-2-6-4;3*1-3-4-2;/h2H,1H3;3*1,3-4H2,2H3;. The predicted molar refractivity (Wildman–Crippen MR) is 102 cm³/mol. The van der Waals surface area contributed by atoms with E-state index < -0.39 is 28.9 Å². The van der Waals surface area contributed by atoms with Gasteiger partial charge in [0.25, 0.3) is 0 Å². The molecular weight excluding hydrogens is 429 g/mol. The van der Waals surface area contributed by atoms with Crippen LogP contribution in [0.25, 0.3) is 0 Å². The minimum atomic E-state index is -2.67. The molecule has 0 aliphatic rings. The van der Waals surface area contributed by atoms with E-state index in [9.17, 15) is 8.42 Å². The second-order valence-electron chi connectivity index (χ2n) is 6.56. The van der Waals surface area contributed by atoms with Crippen LogP contribution in [0.2, 0.25) is 13.3 Å². The SMILES string of the molecule is CCC[CH2][Sn]([CH2]CCC)([CH2]CCC)[c]1cnc(C)c(N=S(=O)=O)n1. The van der Waals surface area contributed by atoms with E-state index >= 15 is 0 Å². The van der Waals surface area contributed by atoms with E-state index in [-0.39, 0.29) is 5.82 Å². The molecule has 0 N–H and O–H groups in total. The number of nitrogens with zero attached hydrogens (tertiary/aromatic N) is 3. The minimum absolute atomic E-state index is 0.284. The maximum absolute atomic E-state index is 11.0. The Morgan fingerprint density at radius 2 is 1.50 bits per heavy atom. The summed E-state index contributed by atoms with van der Waals surface area (Å²) in [4.78, 5) is 9.16. The Balaban J connectivity index is 3.35. The van der Waals surface area contributed by atoms with E-state index in [4.69, 9.17) is 4.98 Å². The molecule has 1 rings (SSSR count). The molecule has 0 saturated carbocycles. The number of unbranched alkanes of at least 4 members (excludes halogenated alkanes) is 3. The van der Waals surface area contributed by atoms with Gasteiger partial charge >= 0.3 is 153 Å². The van der Waals surface area contributed by atoms with Gasteiger partial charge in [0.2, 0.25) is 0 Å². The summed E-state index contributed by atoms with van der Waals surface area (Å²) in [6.45, 7) is 8.47. The first-order valence-corrected chi connectivity index (χ1v) is 17.7. The Morgan fingerprint density at radius 1 is 1.00 bits per heavy atom. The first-order chi connectivity index (χ1) is 11.5. The fourth-order valence-electron chi connectivity index (χ4n) is 3.16. The van der Waals surface area contributed by atoms with Crippen molar-refractivity contribution < 1.29 is 8.42 Å². The molecule has 24 heavy (non-hydrogen) atoms. The molecule has 0 fully saturated rings. The van der Waals surface area contributed by atoms with Gasteiger partial charge in [-0.05, 0) is 0 Å². The van der Waals surface area contributed by atoms with Gasteiger partial charge in [-0.15, -0.1) is 0 Å². The van der Waals surface area contributed by atoms with E-state index in [1.165, 1.54) is 51.8 Å². The second kappa shape index (κ2) is 11.2. The van der Waals surface area contributed by atoms with Crippen LogP contribution in [0.15, 0.2) is 10.6 Å². The van der Waals surface area contributed by atoms with Crippen LogP contribution < -0.4 is 3.71 Å². The summed E-state index contributed by atoms with van der Waals surface area (Å²) in [6, 6.07) is 0. The Labute approximate surface area is 152 Å². The molecule has 1 aromatic rings. The molecule has 0 amide bonds. The molecule has 1 aromatic heterocycles. The third kappa shape index (κ3) is 6.42. The summed E-state index contributed by atoms with van der Waals surface area (Å²) in [7, 11) is -2.48. The van der Waals surface area contributed by atoms with E-state index in [1.54, 1.807) is 6.92 Å². The summed E-state index contributed by atoms with van der Waals surface area (Å²) in [5, 5.41) is 0. The van der Waals surface area contributed by atoms with E-state index in [2.05, 4.69) is 30.1 Å². The van der Waals surface area contributed by atoms with E-state index in [0.29, 0.717) is 5.69 Å². The molecule has 0 unspecified atom stereocenters. The Bertz CT molecular complexity index is 617. The molecule has 0 aromatic carbocycles. The molecule has 0 atom stereocenters. The van der Waals surface area contributed by atoms with Crippen LogP contribution in [0.1, 0.15) is 65.0 Å². The van der Waals surface area contributed by atoms with Gasteiger partial charge in [0.05, 0.1) is 0 Å². The third-order valence-corrected chi connectivity index (χ3v) is 20.0. The average molecular weight is 460 g/mol. The zero-order chi connectivity index (χ0) is 18.0. The fourth-order valence-corrected chi connectivity index (χ4v) is 18.6. The van der Waals surface area contributed by atoms with Crippen molar-refractivity contribution in [2.24, 2.45) is 4.36 Å². The molecule has 1 heterocycles. The molecule has 5 nitrogen and oxygen atoms in total.